The Bertz CT molecular complexity index is 644. The minimum absolute atomic E-state index is 0.0377. The van der Waals surface area contributed by atoms with Gasteiger partial charge < -0.3 is 15.8 Å². The highest BCUT2D eigenvalue weighted by molar-refractivity contribution is 9.10. The third kappa shape index (κ3) is 4.49. The molecule has 5 heteroatoms. The van der Waals surface area contributed by atoms with E-state index in [2.05, 4.69) is 28.2 Å². The topological polar surface area (TPSA) is 64.3 Å². The molecule has 0 aliphatic rings. The molecule has 0 aromatic heterocycles. The molecule has 110 valence electrons. The number of carbonyl (C=O) groups is 1. The molecule has 4 nitrogen and oxygen atoms in total. The fraction of sp³-hybridized carbons (Fsp3) is 0.188. The molecule has 21 heavy (non-hydrogen) atoms. The van der Waals surface area contributed by atoms with E-state index in [0.29, 0.717) is 17.1 Å². The predicted octanol–water partition coefficient (Wildman–Crippen LogP) is 3.61. The summed E-state index contributed by atoms with van der Waals surface area (Å²) in [5.41, 5.74) is 8.13. The Kier molecular flexibility index (Phi) is 5.22. The maximum Gasteiger partial charge on any atom is 0.262 e. The zero-order valence-corrected chi connectivity index (χ0v) is 13.3. The summed E-state index contributed by atoms with van der Waals surface area (Å²) in [7, 11) is 0. The highest BCUT2D eigenvalue weighted by atomic mass is 79.9. The van der Waals surface area contributed by atoms with Crippen molar-refractivity contribution in [2.75, 3.05) is 17.7 Å². The van der Waals surface area contributed by atoms with Crippen molar-refractivity contribution in [3.8, 4) is 5.75 Å². The Labute approximate surface area is 132 Å². The SMILES string of the molecule is CCc1cccc(OCC(=O)Nc2ccc(N)cc2Br)c1. The number of hydrogen-bond donors (Lipinski definition) is 2. The van der Waals surface area contributed by atoms with Gasteiger partial charge in [0.05, 0.1) is 5.69 Å². The number of anilines is 2. The van der Waals surface area contributed by atoms with Crippen molar-refractivity contribution in [1.82, 2.24) is 0 Å². The van der Waals surface area contributed by atoms with Gasteiger partial charge in [-0.2, -0.15) is 0 Å². The molecule has 3 N–H and O–H groups in total. The standard InChI is InChI=1S/C16H17BrN2O2/c1-2-11-4-3-5-13(8-11)21-10-16(20)19-15-7-6-12(18)9-14(15)17/h3-9H,2,10,18H2,1H3,(H,19,20). The van der Waals surface area contributed by atoms with Crippen molar-refractivity contribution in [1.29, 1.82) is 0 Å². The van der Waals surface area contributed by atoms with Crippen molar-refractivity contribution >= 4 is 33.2 Å². The summed E-state index contributed by atoms with van der Waals surface area (Å²) in [6.07, 6.45) is 0.932. The second kappa shape index (κ2) is 7.13. The first-order valence-corrected chi connectivity index (χ1v) is 7.44. The van der Waals surface area contributed by atoms with Crippen LogP contribution in [0.25, 0.3) is 0 Å². The number of aryl methyl sites for hydroxylation is 1. The monoisotopic (exact) mass is 348 g/mol. The molecule has 0 atom stereocenters. The fourth-order valence-corrected chi connectivity index (χ4v) is 2.32. The van der Waals surface area contributed by atoms with Gasteiger partial charge in [0.15, 0.2) is 6.61 Å². The maximum atomic E-state index is 11.9. The largest absolute Gasteiger partial charge is 0.484 e. The van der Waals surface area contributed by atoms with Crippen molar-refractivity contribution in [2.24, 2.45) is 0 Å². The highest BCUT2D eigenvalue weighted by Crippen LogP contribution is 2.24. The molecule has 2 aromatic carbocycles. The van der Waals surface area contributed by atoms with Crippen LogP contribution in [0.5, 0.6) is 5.75 Å². The Morgan fingerprint density at radius 1 is 1.29 bits per heavy atom. The van der Waals surface area contributed by atoms with Crippen LogP contribution in [0.4, 0.5) is 11.4 Å². The first kappa shape index (κ1) is 15.4. The van der Waals surface area contributed by atoms with Crippen LogP contribution in [0.2, 0.25) is 0 Å². The number of ether oxygens (including phenoxy) is 1. The van der Waals surface area contributed by atoms with Gasteiger partial charge in [0.1, 0.15) is 5.75 Å². The molecule has 1 amide bonds. The summed E-state index contributed by atoms with van der Waals surface area (Å²) in [6.45, 7) is 2.04. The Hall–Kier alpha value is -2.01. The number of benzene rings is 2. The minimum Gasteiger partial charge on any atom is -0.484 e. The van der Waals surface area contributed by atoms with Crippen molar-refractivity contribution in [3.63, 3.8) is 0 Å². The quantitative estimate of drug-likeness (QED) is 0.811. The summed E-state index contributed by atoms with van der Waals surface area (Å²) < 4.78 is 6.23. The number of rotatable bonds is 5. The number of carbonyl (C=O) groups excluding carboxylic acids is 1. The highest BCUT2D eigenvalue weighted by Gasteiger charge is 2.07. The van der Waals surface area contributed by atoms with E-state index in [9.17, 15) is 4.79 Å². The van der Waals surface area contributed by atoms with Gasteiger partial charge in [-0.25, -0.2) is 0 Å². The van der Waals surface area contributed by atoms with Gasteiger partial charge in [0.2, 0.25) is 0 Å². The van der Waals surface area contributed by atoms with Crippen molar-refractivity contribution in [2.45, 2.75) is 13.3 Å². The smallest absolute Gasteiger partial charge is 0.262 e. The van der Waals surface area contributed by atoms with Crippen LogP contribution in [-0.2, 0) is 11.2 Å². The van der Waals surface area contributed by atoms with E-state index in [4.69, 9.17) is 10.5 Å². The molecule has 0 spiro atoms. The average Bonchev–Trinajstić information content (AvgIpc) is 2.48. The van der Waals surface area contributed by atoms with Crippen LogP contribution >= 0.6 is 15.9 Å². The molecule has 0 radical (unpaired) electrons. The summed E-state index contributed by atoms with van der Waals surface area (Å²) in [5, 5.41) is 2.77. The third-order valence-electron chi connectivity index (χ3n) is 2.94. The van der Waals surface area contributed by atoms with E-state index < -0.39 is 0 Å². The lowest BCUT2D eigenvalue weighted by molar-refractivity contribution is -0.118. The number of hydrogen-bond acceptors (Lipinski definition) is 3. The molecule has 0 saturated heterocycles. The van der Waals surface area contributed by atoms with E-state index in [1.54, 1.807) is 18.2 Å². The van der Waals surface area contributed by atoms with Gasteiger partial charge >= 0.3 is 0 Å². The predicted molar refractivity (Wildman–Crippen MR) is 88.5 cm³/mol. The van der Waals surface area contributed by atoms with Crippen molar-refractivity contribution < 1.29 is 9.53 Å². The molecular formula is C16H17BrN2O2. The second-order valence-corrected chi connectivity index (χ2v) is 5.43. The van der Waals surface area contributed by atoms with Gasteiger partial charge in [-0.15, -0.1) is 0 Å². The van der Waals surface area contributed by atoms with Gasteiger partial charge in [-0.1, -0.05) is 19.1 Å². The molecule has 0 saturated carbocycles. The first-order chi connectivity index (χ1) is 10.1. The van der Waals surface area contributed by atoms with E-state index in [0.717, 1.165) is 10.9 Å². The molecule has 0 fully saturated rings. The van der Waals surface area contributed by atoms with E-state index in [1.165, 1.54) is 5.56 Å². The average molecular weight is 349 g/mol. The van der Waals surface area contributed by atoms with Crippen LogP contribution in [0, 0.1) is 0 Å². The van der Waals surface area contributed by atoms with Gasteiger partial charge in [0, 0.05) is 10.2 Å². The van der Waals surface area contributed by atoms with Crippen LogP contribution in [-0.4, -0.2) is 12.5 Å². The Morgan fingerprint density at radius 3 is 2.81 bits per heavy atom. The summed E-state index contributed by atoms with van der Waals surface area (Å²) in [6, 6.07) is 12.9. The van der Waals surface area contributed by atoms with Crippen molar-refractivity contribution in [3.05, 3.63) is 52.5 Å². The second-order valence-electron chi connectivity index (χ2n) is 4.58. The van der Waals surface area contributed by atoms with E-state index in [-0.39, 0.29) is 12.5 Å². The molecule has 0 aliphatic heterocycles. The molecule has 0 heterocycles. The zero-order valence-electron chi connectivity index (χ0n) is 11.7. The number of nitrogens with two attached hydrogens (primary N) is 1. The first-order valence-electron chi connectivity index (χ1n) is 6.65. The maximum absolute atomic E-state index is 11.9. The minimum atomic E-state index is -0.220. The van der Waals surface area contributed by atoms with Gasteiger partial charge in [0.25, 0.3) is 5.91 Å². The van der Waals surface area contributed by atoms with Crippen LogP contribution in [0.1, 0.15) is 12.5 Å². The van der Waals surface area contributed by atoms with E-state index >= 15 is 0 Å². The Balaban J connectivity index is 1.92. The molecule has 0 unspecified atom stereocenters. The molecule has 2 rings (SSSR count). The van der Waals surface area contributed by atoms with Crippen LogP contribution in [0.15, 0.2) is 46.9 Å². The fourth-order valence-electron chi connectivity index (χ4n) is 1.82. The number of amides is 1. The lowest BCUT2D eigenvalue weighted by atomic mass is 10.2. The lowest BCUT2D eigenvalue weighted by Gasteiger charge is -2.10. The van der Waals surface area contributed by atoms with Crippen LogP contribution in [0.3, 0.4) is 0 Å². The normalized spacial score (nSPS) is 10.2. The zero-order chi connectivity index (χ0) is 15.2. The molecule has 2 aromatic rings. The Morgan fingerprint density at radius 2 is 2.10 bits per heavy atom. The van der Waals surface area contributed by atoms with Gasteiger partial charge in [-0.05, 0) is 58.2 Å². The van der Waals surface area contributed by atoms with E-state index in [1.807, 2.05) is 24.3 Å². The van der Waals surface area contributed by atoms with Gasteiger partial charge in [-0.3, -0.25) is 4.79 Å². The van der Waals surface area contributed by atoms with Crippen LogP contribution < -0.4 is 15.8 Å². The summed E-state index contributed by atoms with van der Waals surface area (Å²) in [5.74, 6) is 0.475. The number of halogens is 1. The molecule has 0 aliphatic carbocycles. The number of nitrogens with one attached hydrogen (secondary N) is 1. The summed E-state index contributed by atoms with van der Waals surface area (Å²) >= 11 is 3.35. The number of nitrogen functional groups attached to an aromatic ring is 1. The lowest BCUT2D eigenvalue weighted by Crippen LogP contribution is -2.20. The summed E-state index contributed by atoms with van der Waals surface area (Å²) in [4.78, 5) is 11.9. The molecule has 0 bridgehead atoms. The molecular weight excluding hydrogens is 332 g/mol. The third-order valence-corrected chi connectivity index (χ3v) is 3.60.